The fourth-order valence-corrected chi connectivity index (χ4v) is 2.77. The van der Waals surface area contributed by atoms with E-state index in [9.17, 15) is 10.1 Å². The summed E-state index contributed by atoms with van der Waals surface area (Å²) >= 11 is 0. The highest BCUT2D eigenvalue weighted by Crippen LogP contribution is 2.22. The first kappa shape index (κ1) is 19.8. The lowest BCUT2D eigenvalue weighted by molar-refractivity contribution is -0.112. The predicted molar refractivity (Wildman–Crippen MR) is 99.8 cm³/mol. The van der Waals surface area contributed by atoms with Crippen molar-refractivity contribution in [2.45, 2.75) is 53.9 Å². The van der Waals surface area contributed by atoms with E-state index in [1.165, 1.54) is 0 Å². The molecule has 4 heteroatoms. The van der Waals surface area contributed by atoms with Crippen LogP contribution in [0.1, 0.15) is 49.8 Å². The molecule has 1 N–H and O–H groups in total. The molecule has 130 valence electrons. The van der Waals surface area contributed by atoms with Gasteiger partial charge in [-0.15, -0.1) is 0 Å². The Labute approximate surface area is 146 Å². The summed E-state index contributed by atoms with van der Waals surface area (Å²) < 4.78 is 0. The van der Waals surface area contributed by atoms with E-state index in [1.807, 2.05) is 39.0 Å². The van der Waals surface area contributed by atoms with Crippen molar-refractivity contribution >= 4 is 11.6 Å². The second kappa shape index (κ2) is 9.77. The first-order chi connectivity index (χ1) is 11.4. The van der Waals surface area contributed by atoms with Crippen molar-refractivity contribution in [2.75, 3.05) is 18.4 Å². The molecule has 0 unspecified atom stereocenters. The molecule has 0 saturated carbocycles. The lowest BCUT2D eigenvalue weighted by atomic mass is 10.0. The monoisotopic (exact) mass is 327 g/mol. The van der Waals surface area contributed by atoms with Crippen LogP contribution < -0.4 is 5.32 Å². The minimum atomic E-state index is -0.342. The third-order valence-electron chi connectivity index (χ3n) is 3.90. The Bertz CT molecular complexity index is 618. The summed E-state index contributed by atoms with van der Waals surface area (Å²) in [6.45, 7) is 11.9. The number of hydrogen-bond acceptors (Lipinski definition) is 3. The maximum absolute atomic E-state index is 12.5. The van der Waals surface area contributed by atoms with Crippen LogP contribution in [0, 0.1) is 32.1 Å². The van der Waals surface area contributed by atoms with E-state index in [0.717, 1.165) is 54.7 Å². The van der Waals surface area contributed by atoms with Crippen LogP contribution in [0.2, 0.25) is 0 Å². The molecule has 0 aliphatic heterocycles. The highest BCUT2D eigenvalue weighted by Gasteiger charge is 2.14. The van der Waals surface area contributed by atoms with Gasteiger partial charge in [-0.2, -0.15) is 5.26 Å². The second-order valence-electron chi connectivity index (χ2n) is 6.27. The number of nitrogens with one attached hydrogen (secondary N) is 1. The summed E-state index contributed by atoms with van der Waals surface area (Å²) in [5.74, 6) is -0.342. The lowest BCUT2D eigenvalue weighted by Gasteiger charge is -2.20. The average Bonchev–Trinajstić information content (AvgIpc) is 2.53. The topological polar surface area (TPSA) is 56.1 Å². The van der Waals surface area contributed by atoms with Gasteiger partial charge in [-0.1, -0.05) is 38.0 Å². The number of hydrogen-bond donors (Lipinski definition) is 1. The van der Waals surface area contributed by atoms with E-state index in [4.69, 9.17) is 0 Å². The van der Waals surface area contributed by atoms with Crippen LogP contribution in [0.15, 0.2) is 23.9 Å². The molecular formula is C20H29N3O. The van der Waals surface area contributed by atoms with Crippen molar-refractivity contribution in [1.29, 1.82) is 5.26 Å². The van der Waals surface area contributed by atoms with E-state index in [1.54, 1.807) is 6.20 Å². The van der Waals surface area contributed by atoms with Crippen LogP contribution in [-0.4, -0.2) is 23.9 Å². The number of amides is 1. The zero-order valence-corrected chi connectivity index (χ0v) is 15.6. The molecule has 0 aromatic heterocycles. The van der Waals surface area contributed by atoms with Gasteiger partial charge in [-0.3, -0.25) is 4.79 Å². The number of carbonyl (C=O) groups is 1. The highest BCUT2D eigenvalue weighted by atomic mass is 16.1. The number of rotatable bonds is 8. The van der Waals surface area contributed by atoms with E-state index in [-0.39, 0.29) is 11.5 Å². The van der Waals surface area contributed by atoms with Gasteiger partial charge in [-0.05, 0) is 44.7 Å². The fraction of sp³-hybridized carbons (Fsp3) is 0.500. The highest BCUT2D eigenvalue weighted by molar-refractivity contribution is 6.07. The van der Waals surface area contributed by atoms with E-state index in [2.05, 4.69) is 24.1 Å². The molecule has 0 heterocycles. The second-order valence-corrected chi connectivity index (χ2v) is 6.27. The zero-order valence-electron chi connectivity index (χ0n) is 15.6. The molecule has 0 aliphatic carbocycles. The van der Waals surface area contributed by atoms with Crippen molar-refractivity contribution < 1.29 is 4.79 Å². The summed E-state index contributed by atoms with van der Waals surface area (Å²) in [6, 6.07) is 6.11. The Morgan fingerprint density at radius 2 is 1.79 bits per heavy atom. The van der Waals surface area contributed by atoms with Gasteiger partial charge >= 0.3 is 0 Å². The van der Waals surface area contributed by atoms with Crippen LogP contribution in [-0.2, 0) is 4.79 Å². The molecule has 1 aromatic carbocycles. The first-order valence-electron chi connectivity index (χ1n) is 8.68. The predicted octanol–water partition coefficient (Wildman–Crippen LogP) is 4.47. The van der Waals surface area contributed by atoms with Crippen molar-refractivity contribution in [3.8, 4) is 6.07 Å². The Kier molecular flexibility index (Phi) is 8.05. The Morgan fingerprint density at radius 1 is 1.17 bits per heavy atom. The standard InChI is InChI=1S/C20H29N3O/c1-6-8-10-23(9-7-2)14-18(13-21)20(24)22-19-16(4)11-15(3)12-17(19)5/h11-12,14H,6-10H2,1-5H3,(H,22,24)/b18-14-. The maximum atomic E-state index is 12.5. The molecule has 0 saturated heterocycles. The summed E-state index contributed by atoms with van der Waals surface area (Å²) in [5.41, 5.74) is 4.12. The third kappa shape index (κ3) is 5.73. The average molecular weight is 327 g/mol. The molecule has 1 amide bonds. The van der Waals surface area contributed by atoms with Crippen molar-refractivity contribution in [1.82, 2.24) is 4.90 Å². The molecule has 0 bridgehead atoms. The van der Waals surface area contributed by atoms with Crippen LogP contribution in [0.25, 0.3) is 0 Å². The van der Waals surface area contributed by atoms with Crippen molar-refractivity contribution in [3.05, 3.63) is 40.6 Å². The van der Waals surface area contributed by atoms with Gasteiger partial charge in [0.2, 0.25) is 0 Å². The lowest BCUT2D eigenvalue weighted by Crippen LogP contribution is -2.23. The summed E-state index contributed by atoms with van der Waals surface area (Å²) in [7, 11) is 0. The first-order valence-corrected chi connectivity index (χ1v) is 8.68. The van der Waals surface area contributed by atoms with Gasteiger partial charge < -0.3 is 10.2 Å². The van der Waals surface area contributed by atoms with Crippen LogP contribution >= 0.6 is 0 Å². The van der Waals surface area contributed by atoms with E-state index < -0.39 is 0 Å². The molecule has 1 aromatic rings. The minimum absolute atomic E-state index is 0.152. The van der Waals surface area contributed by atoms with Gasteiger partial charge in [0.25, 0.3) is 5.91 Å². The number of nitriles is 1. The molecule has 0 spiro atoms. The molecule has 1 rings (SSSR count). The van der Waals surface area contributed by atoms with Gasteiger partial charge in [-0.25, -0.2) is 0 Å². The number of anilines is 1. The molecule has 24 heavy (non-hydrogen) atoms. The fourth-order valence-electron chi connectivity index (χ4n) is 2.77. The van der Waals surface area contributed by atoms with Gasteiger partial charge in [0, 0.05) is 25.0 Å². The number of carbonyl (C=O) groups excluding carboxylic acids is 1. The van der Waals surface area contributed by atoms with E-state index in [0.29, 0.717) is 0 Å². The van der Waals surface area contributed by atoms with Crippen LogP contribution in [0.5, 0.6) is 0 Å². The normalized spacial score (nSPS) is 11.1. The minimum Gasteiger partial charge on any atom is -0.376 e. The van der Waals surface area contributed by atoms with Gasteiger partial charge in [0.15, 0.2) is 0 Å². The Morgan fingerprint density at radius 3 is 2.29 bits per heavy atom. The summed E-state index contributed by atoms with van der Waals surface area (Å²) in [4.78, 5) is 14.6. The van der Waals surface area contributed by atoms with Crippen molar-refractivity contribution in [3.63, 3.8) is 0 Å². The Hall–Kier alpha value is -2.28. The number of benzene rings is 1. The van der Waals surface area contributed by atoms with Crippen molar-refractivity contribution in [2.24, 2.45) is 0 Å². The van der Waals surface area contributed by atoms with Crippen LogP contribution in [0.3, 0.4) is 0 Å². The number of aryl methyl sites for hydroxylation is 3. The molecular weight excluding hydrogens is 298 g/mol. The van der Waals surface area contributed by atoms with Gasteiger partial charge in [0.05, 0.1) is 0 Å². The summed E-state index contributed by atoms with van der Waals surface area (Å²) in [5, 5.41) is 12.3. The SMILES string of the molecule is CCCCN(/C=C(/C#N)C(=O)Nc1c(C)cc(C)cc1C)CCC. The Balaban J connectivity index is 2.97. The number of nitrogens with zero attached hydrogens (tertiary/aromatic N) is 2. The van der Waals surface area contributed by atoms with Gasteiger partial charge in [0.1, 0.15) is 11.6 Å². The van der Waals surface area contributed by atoms with Crippen LogP contribution in [0.4, 0.5) is 5.69 Å². The molecule has 0 atom stereocenters. The number of unbranched alkanes of at least 4 members (excludes halogenated alkanes) is 1. The quantitative estimate of drug-likeness (QED) is 0.566. The van der Waals surface area contributed by atoms with E-state index >= 15 is 0 Å². The summed E-state index contributed by atoms with van der Waals surface area (Å²) in [6.07, 6.45) is 4.82. The maximum Gasteiger partial charge on any atom is 0.267 e. The molecule has 0 radical (unpaired) electrons. The zero-order chi connectivity index (χ0) is 18.1. The smallest absolute Gasteiger partial charge is 0.267 e. The molecule has 0 aliphatic rings. The molecule has 0 fully saturated rings. The molecule has 4 nitrogen and oxygen atoms in total. The largest absolute Gasteiger partial charge is 0.376 e. The third-order valence-corrected chi connectivity index (χ3v) is 3.90.